The average molecular weight is 263 g/mol. The molecular formula is C14H17NO2S. The Hall–Kier alpha value is -1.68. The smallest absolute Gasteiger partial charge is 0.161 e. The highest BCUT2D eigenvalue weighted by atomic mass is 32.1. The van der Waals surface area contributed by atoms with Gasteiger partial charge in [-0.3, -0.25) is 0 Å². The van der Waals surface area contributed by atoms with Gasteiger partial charge in [-0.05, 0) is 36.1 Å². The summed E-state index contributed by atoms with van der Waals surface area (Å²) >= 11 is 1.68. The molecule has 0 bridgehead atoms. The molecule has 0 saturated heterocycles. The Balaban J connectivity index is 2.06. The molecule has 0 aliphatic rings. The zero-order valence-electron chi connectivity index (χ0n) is 10.6. The summed E-state index contributed by atoms with van der Waals surface area (Å²) in [7, 11) is 1.65. The highest BCUT2D eigenvalue weighted by Gasteiger charge is 2.05. The minimum absolute atomic E-state index is 0.637. The van der Waals surface area contributed by atoms with Crippen LogP contribution >= 0.6 is 11.3 Å². The largest absolute Gasteiger partial charge is 0.493 e. The maximum atomic E-state index is 5.55. The highest BCUT2D eigenvalue weighted by molar-refractivity contribution is 7.08. The molecule has 1 aromatic heterocycles. The standard InChI is InChI=1S/C14H17NO2S/c1-3-17-14-8-11(4-5-13(14)16-2)9-15-12-6-7-18-10-12/h4-8,10,15H,3,9H2,1-2H3. The van der Waals surface area contributed by atoms with Crippen molar-refractivity contribution in [2.75, 3.05) is 19.0 Å². The second kappa shape index (κ2) is 6.31. The van der Waals surface area contributed by atoms with Crippen LogP contribution in [0.2, 0.25) is 0 Å². The van der Waals surface area contributed by atoms with Gasteiger partial charge in [0.05, 0.1) is 13.7 Å². The molecule has 2 rings (SSSR count). The van der Waals surface area contributed by atoms with Gasteiger partial charge in [0, 0.05) is 17.6 Å². The number of hydrogen-bond donors (Lipinski definition) is 1. The molecule has 0 saturated carbocycles. The topological polar surface area (TPSA) is 30.5 Å². The monoisotopic (exact) mass is 263 g/mol. The van der Waals surface area contributed by atoms with Gasteiger partial charge in [0.1, 0.15) is 0 Å². The van der Waals surface area contributed by atoms with Gasteiger partial charge < -0.3 is 14.8 Å². The first-order valence-corrected chi connectivity index (χ1v) is 6.83. The van der Waals surface area contributed by atoms with Gasteiger partial charge in [-0.1, -0.05) is 6.07 Å². The van der Waals surface area contributed by atoms with Crippen molar-refractivity contribution in [2.45, 2.75) is 13.5 Å². The Morgan fingerprint density at radius 3 is 2.78 bits per heavy atom. The van der Waals surface area contributed by atoms with Crippen molar-refractivity contribution >= 4 is 17.0 Å². The number of methoxy groups -OCH3 is 1. The van der Waals surface area contributed by atoms with Crippen LogP contribution in [0.1, 0.15) is 12.5 Å². The molecular weight excluding hydrogens is 246 g/mol. The lowest BCUT2D eigenvalue weighted by Gasteiger charge is -2.11. The lowest BCUT2D eigenvalue weighted by atomic mass is 10.2. The van der Waals surface area contributed by atoms with Crippen molar-refractivity contribution in [1.29, 1.82) is 0 Å². The zero-order valence-corrected chi connectivity index (χ0v) is 11.4. The molecule has 96 valence electrons. The van der Waals surface area contributed by atoms with Crippen LogP contribution in [0.4, 0.5) is 5.69 Å². The molecule has 0 aliphatic carbocycles. The Morgan fingerprint density at radius 1 is 1.22 bits per heavy atom. The predicted molar refractivity (Wildman–Crippen MR) is 75.8 cm³/mol. The molecule has 0 unspecified atom stereocenters. The Bertz CT molecular complexity index is 483. The third-order valence-electron chi connectivity index (χ3n) is 2.55. The van der Waals surface area contributed by atoms with Crippen LogP contribution in [0, 0.1) is 0 Å². The number of rotatable bonds is 6. The van der Waals surface area contributed by atoms with Gasteiger partial charge in [-0.15, -0.1) is 0 Å². The van der Waals surface area contributed by atoms with Crippen LogP contribution in [-0.2, 0) is 6.54 Å². The van der Waals surface area contributed by atoms with Crippen LogP contribution in [-0.4, -0.2) is 13.7 Å². The number of nitrogens with one attached hydrogen (secondary N) is 1. The molecule has 1 N–H and O–H groups in total. The minimum atomic E-state index is 0.637. The van der Waals surface area contributed by atoms with Crippen molar-refractivity contribution in [3.8, 4) is 11.5 Å². The molecule has 0 atom stereocenters. The first kappa shape index (κ1) is 12.8. The van der Waals surface area contributed by atoms with E-state index in [4.69, 9.17) is 9.47 Å². The van der Waals surface area contributed by atoms with E-state index in [1.807, 2.05) is 25.1 Å². The summed E-state index contributed by atoms with van der Waals surface area (Å²) in [6, 6.07) is 8.07. The SMILES string of the molecule is CCOc1cc(CNc2ccsc2)ccc1OC. The molecule has 0 radical (unpaired) electrons. The summed E-state index contributed by atoms with van der Waals surface area (Å²) in [6.07, 6.45) is 0. The van der Waals surface area contributed by atoms with E-state index in [1.54, 1.807) is 18.4 Å². The summed E-state index contributed by atoms with van der Waals surface area (Å²) in [5.41, 5.74) is 2.32. The quantitative estimate of drug-likeness (QED) is 0.860. The Labute approximate surface area is 111 Å². The van der Waals surface area contributed by atoms with E-state index in [0.717, 1.165) is 23.7 Å². The van der Waals surface area contributed by atoms with E-state index < -0.39 is 0 Å². The van der Waals surface area contributed by atoms with Crippen LogP contribution in [0.3, 0.4) is 0 Å². The second-order valence-electron chi connectivity index (χ2n) is 3.78. The van der Waals surface area contributed by atoms with Crippen molar-refractivity contribution in [1.82, 2.24) is 0 Å². The lowest BCUT2D eigenvalue weighted by Crippen LogP contribution is -2.00. The van der Waals surface area contributed by atoms with E-state index in [0.29, 0.717) is 6.61 Å². The van der Waals surface area contributed by atoms with Crippen molar-refractivity contribution < 1.29 is 9.47 Å². The number of anilines is 1. The number of ether oxygens (including phenoxy) is 2. The van der Waals surface area contributed by atoms with Crippen LogP contribution < -0.4 is 14.8 Å². The summed E-state index contributed by atoms with van der Waals surface area (Å²) in [4.78, 5) is 0. The number of thiophene rings is 1. The van der Waals surface area contributed by atoms with Crippen LogP contribution in [0.15, 0.2) is 35.0 Å². The number of benzene rings is 1. The average Bonchev–Trinajstić information content (AvgIpc) is 2.90. The van der Waals surface area contributed by atoms with E-state index in [1.165, 1.54) is 5.56 Å². The fourth-order valence-electron chi connectivity index (χ4n) is 1.67. The van der Waals surface area contributed by atoms with Gasteiger partial charge in [0.2, 0.25) is 0 Å². The summed E-state index contributed by atoms with van der Waals surface area (Å²) in [6.45, 7) is 3.38. The van der Waals surface area contributed by atoms with Crippen LogP contribution in [0.5, 0.6) is 11.5 Å². The minimum Gasteiger partial charge on any atom is -0.493 e. The third kappa shape index (κ3) is 3.17. The first-order valence-electron chi connectivity index (χ1n) is 5.89. The lowest BCUT2D eigenvalue weighted by molar-refractivity contribution is 0.310. The molecule has 1 aromatic carbocycles. The predicted octanol–water partition coefficient (Wildman–Crippen LogP) is 3.77. The second-order valence-corrected chi connectivity index (χ2v) is 4.56. The van der Waals surface area contributed by atoms with Gasteiger partial charge >= 0.3 is 0 Å². The van der Waals surface area contributed by atoms with Gasteiger partial charge in [-0.25, -0.2) is 0 Å². The number of hydrogen-bond acceptors (Lipinski definition) is 4. The van der Waals surface area contributed by atoms with Gasteiger partial charge in [-0.2, -0.15) is 11.3 Å². The molecule has 1 heterocycles. The summed E-state index contributed by atoms with van der Waals surface area (Å²) < 4.78 is 10.8. The molecule has 2 aromatic rings. The van der Waals surface area contributed by atoms with E-state index >= 15 is 0 Å². The molecule has 0 fully saturated rings. The first-order chi connectivity index (χ1) is 8.83. The molecule has 0 aliphatic heterocycles. The zero-order chi connectivity index (χ0) is 12.8. The van der Waals surface area contributed by atoms with Crippen LogP contribution in [0.25, 0.3) is 0 Å². The highest BCUT2D eigenvalue weighted by Crippen LogP contribution is 2.28. The van der Waals surface area contributed by atoms with Crippen molar-refractivity contribution in [3.05, 3.63) is 40.6 Å². The Kier molecular flexibility index (Phi) is 4.47. The van der Waals surface area contributed by atoms with Gasteiger partial charge in [0.25, 0.3) is 0 Å². The fourth-order valence-corrected chi connectivity index (χ4v) is 2.28. The van der Waals surface area contributed by atoms with Gasteiger partial charge in [0.15, 0.2) is 11.5 Å². The molecule has 18 heavy (non-hydrogen) atoms. The molecule has 4 heteroatoms. The fraction of sp³-hybridized carbons (Fsp3) is 0.286. The molecule has 3 nitrogen and oxygen atoms in total. The van der Waals surface area contributed by atoms with Crippen molar-refractivity contribution in [2.24, 2.45) is 0 Å². The normalized spacial score (nSPS) is 10.1. The van der Waals surface area contributed by atoms with E-state index in [2.05, 4.69) is 22.1 Å². The Morgan fingerprint density at radius 2 is 2.11 bits per heavy atom. The maximum Gasteiger partial charge on any atom is 0.161 e. The maximum absolute atomic E-state index is 5.55. The molecule has 0 spiro atoms. The molecule has 0 amide bonds. The summed E-state index contributed by atoms with van der Waals surface area (Å²) in [5, 5.41) is 7.51. The van der Waals surface area contributed by atoms with E-state index in [-0.39, 0.29) is 0 Å². The van der Waals surface area contributed by atoms with Crippen molar-refractivity contribution in [3.63, 3.8) is 0 Å². The summed E-state index contributed by atoms with van der Waals surface area (Å²) in [5.74, 6) is 1.57. The van der Waals surface area contributed by atoms with E-state index in [9.17, 15) is 0 Å². The third-order valence-corrected chi connectivity index (χ3v) is 3.23.